The number of hydrogen-bond donors (Lipinski definition) is 3. The number of aromatic nitrogens is 3. The van der Waals surface area contributed by atoms with Gasteiger partial charge in [-0.05, 0) is 30.7 Å². The molecule has 0 saturated carbocycles. The Morgan fingerprint density at radius 2 is 2.12 bits per heavy atom. The summed E-state index contributed by atoms with van der Waals surface area (Å²) in [7, 11) is 0. The quantitative estimate of drug-likeness (QED) is 0.624. The number of para-hydroxylation sites is 1. The molecule has 0 aliphatic heterocycles. The lowest BCUT2D eigenvalue weighted by molar-refractivity contribution is 0.0953. The molecule has 2 heterocycles. The number of pyridine rings is 1. The third-order valence-corrected chi connectivity index (χ3v) is 3.69. The Morgan fingerprint density at radius 3 is 2.88 bits per heavy atom. The van der Waals surface area contributed by atoms with Crippen LogP contribution >= 0.6 is 0 Å². The van der Waals surface area contributed by atoms with Crippen molar-refractivity contribution in [1.82, 2.24) is 19.9 Å². The molecule has 0 radical (unpaired) electrons. The Kier molecular flexibility index (Phi) is 4.33. The fraction of sp³-hybridized carbons (Fsp3) is 0.235. The lowest BCUT2D eigenvalue weighted by Gasteiger charge is -2.05. The molecule has 0 fully saturated rings. The van der Waals surface area contributed by atoms with Crippen LogP contribution in [0.15, 0.2) is 36.4 Å². The summed E-state index contributed by atoms with van der Waals surface area (Å²) < 4.78 is 1.45. The van der Waals surface area contributed by atoms with Gasteiger partial charge in [0, 0.05) is 12.1 Å². The number of unbranched alkanes of at least 4 members (excludes halogenated alkanes) is 1. The van der Waals surface area contributed by atoms with Crippen molar-refractivity contribution < 1.29 is 9.90 Å². The van der Waals surface area contributed by atoms with Gasteiger partial charge in [-0.1, -0.05) is 25.5 Å². The number of amides is 1. The van der Waals surface area contributed by atoms with Crippen LogP contribution in [0.3, 0.4) is 0 Å². The summed E-state index contributed by atoms with van der Waals surface area (Å²) in [6, 6.07) is 10.00. The second-order valence-corrected chi connectivity index (χ2v) is 5.50. The van der Waals surface area contributed by atoms with Crippen molar-refractivity contribution in [2.24, 2.45) is 0 Å². The van der Waals surface area contributed by atoms with E-state index < -0.39 is 0 Å². The van der Waals surface area contributed by atoms with Gasteiger partial charge in [0.05, 0.1) is 5.56 Å². The Bertz CT molecular complexity index is 888. The smallest absolute Gasteiger partial charge is 0.251 e. The highest BCUT2D eigenvalue weighted by Gasteiger charge is 2.14. The molecule has 0 aliphatic rings. The molecule has 1 amide bonds. The largest absolute Gasteiger partial charge is 0.507 e. The number of carbonyl (C=O) groups is 1. The van der Waals surface area contributed by atoms with E-state index in [-0.39, 0.29) is 11.7 Å². The number of benzene rings is 1. The second-order valence-electron chi connectivity index (χ2n) is 5.50. The molecule has 7 heteroatoms. The van der Waals surface area contributed by atoms with Gasteiger partial charge in [-0.25, -0.2) is 4.98 Å². The fourth-order valence-electron chi connectivity index (χ4n) is 2.40. The van der Waals surface area contributed by atoms with Crippen LogP contribution in [0.5, 0.6) is 5.75 Å². The molecule has 124 valence electrons. The van der Waals surface area contributed by atoms with E-state index >= 15 is 0 Å². The summed E-state index contributed by atoms with van der Waals surface area (Å²) in [6.45, 7) is 2.68. The molecule has 4 N–H and O–H groups in total. The number of nitrogens with zero attached hydrogens (tertiary/aromatic N) is 3. The van der Waals surface area contributed by atoms with E-state index in [4.69, 9.17) is 5.73 Å². The molecule has 2 aromatic heterocycles. The Morgan fingerprint density at radius 1 is 1.33 bits per heavy atom. The minimum atomic E-state index is -0.190. The summed E-state index contributed by atoms with van der Waals surface area (Å²) in [4.78, 5) is 16.6. The molecule has 3 aromatic rings. The van der Waals surface area contributed by atoms with Gasteiger partial charge >= 0.3 is 0 Å². The van der Waals surface area contributed by atoms with Crippen LogP contribution in [0, 0.1) is 0 Å². The van der Waals surface area contributed by atoms with Gasteiger partial charge in [0.2, 0.25) is 0 Å². The first-order valence-electron chi connectivity index (χ1n) is 7.83. The van der Waals surface area contributed by atoms with Gasteiger partial charge in [-0.3, -0.25) is 4.79 Å². The first kappa shape index (κ1) is 15.8. The van der Waals surface area contributed by atoms with Crippen molar-refractivity contribution in [1.29, 1.82) is 0 Å². The highest BCUT2D eigenvalue weighted by atomic mass is 16.3. The highest BCUT2D eigenvalue weighted by Crippen LogP contribution is 2.27. The standard InChI is InChI=1S/C17H19N5O2/c1-2-3-8-19-17(24)11-9-14(18)22-15(10-11)20-16(21-22)12-6-4-5-7-13(12)23/h4-7,9-10,23H,2-3,8,18H2,1H3,(H,19,24). The monoisotopic (exact) mass is 325 g/mol. The molecular formula is C17H19N5O2. The lowest BCUT2D eigenvalue weighted by Crippen LogP contribution is -2.24. The van der Waals surface area contributed by atoms with Crippen LogP contribution in [0.1, 0.15) is 30.1 Å². The number of nitrogens with one attached hydrogen (secondary N) is 1. The fourth-order valence-corrected chi connectivity index (χ4v) is 2.40. The number of fused-ring (bicyclic) bond motifs is 1. The summed E-state index contributed by atoms with van der Waals surface area (Å²) in [5, 5.41) is 17.1. The Labute approximate surface area is 139 Å². The van der Waals surface area contributed by atoms with Crippen molar-refractivity contribution in [3.05, 3.63) is 42.0 Å². The van der Waals surface area contributed by atoms with Crippen LogP contribution in [0.4, 0.5) is 5.82 Å². The second kappa shape index (κ2) is 6.57. The van der Waals surface area contributed by atoms with Crippen LogP contribution in [0.25, 0.3) is 17.0 Å². The van der Waals surface area contributed by atoms with Crippen molar-refractivity contribution in [2.45, 2.75) is 19.8 Å². The van der Waals surface area contributed by atoms with Crippen LogP contribution < -0.4 is 11.1 Å². The number of phenols is 1. The molecule has 0 atom stereocenters. The molecule has 3 rings (SSSR count). The number of carbonyl (C=O) groups excluding carboxylic acids is 1. The van der Waals surface area contributed by atoms with Crippen LogP contribution in [0.2, 0.25) is 0 Å². The zero-order valence-corrected chi connectivity index (χ0v) is 13.4. The Balaban J connectivity index is 1.97. The lowest BCUT2D eigenvalue weighted by atomic mass is 10.2. The number of anilines is 1. The number of hydrogen-bond acceptors (Lipinski definition) is 5. The molecule has 0 aliphatic carbocycles. The normalized spacial score (nSPS) is 10.9. The van der Waals surface area contributed by atoms with Gasteiger partial charge < -0.3 is 16.2 Å². The van der Waals surface area contributed by atoms with E-state index in [1.54, 1.807) is 36.4 Å². The third kappa shape index (κ3) is 3.01. The van der Waals surface area contributed by atoms with Crippen molar-refractivity contribution in [3.8, 4) is 17.1 Å². The first-order valence-corrected chi connectivity index (χ1v) is 7.83. The van der Waals surface area contributed by atoms with E-state index in [1.807, 2.05) is 0 Å². The predicted molar refractivity (Wildman–Crippen MR) is 91.7 cm³/mol. The number of nitrogen functional groups attached to an aromatic ring is 1. The van der Waals surface area contributed by atoms with Crippen molar-refractivity contribution in [3.63, 3.8) is 0 Å². The molecule has 24 heavy (non-hydrogen) atoms. The Hall–Kier alpha value is -3.09. The molecule has 0 spiro atoms. The summed E-state index contributed by atoms with van der Waals surface area (Å²) >= 11 is 0. The van der Waals surface area contributed by atoms with E-state index in [9.17, 15) is 9.90 Å². The summed E-state index contributed by atoms with van der Waals surface area (Å²) in [5.74, 6) is 0.555. The average molecular weight is 325 g/mol. The van der Waals surface area contributed by atoms with E-state index in [1.165, 1.54) is 4.52 Å². The van der Waals surface area contributed by atoms with Gasteiger partial charge in [-0.15, -0.1) is 5.10 Å². The number of rotatable bonds is 5. The maximum atomic E-state index is 12.2. The SMILES string of the molecule is CCCCNC(=O)c1cc(N)n2nc(-c3ccccc3O)nc2c1. The predicted octanol–water partition coefficient (Wildman–Crippen LogP) is 2.21. The number of nitrogens with two attached hydrogens (primary N) is 1. The van der Waals surface area contributed by atoms with E-state index in [0.717, 1.165) is 12.8 Å². The first-order chi connectivity index (χ1) is 11.6. The summed E-state index contributed by atoms with van der Waals surface area (Å²) in [5.41, 5.74) is 7.40. The van der Waals surface area contributed by atoms with E-state index in [0.29, 0.717) is 35.0 Å². The van der Waals surface area contributed by atoms with Crippen molar-refractivity contribution in [2.75, 3.05) is 12.3 Å². The molecule has 0 bridgehead atoms. The average Bonchev–Trinajstić information content (AvgIpc) is 3.00. The molecule has 7 nitrogen and oxygen atoms in total. The number of aromatic hydroxyl groups is 1. The maximum absolute atomic E-state index is 12.2. The minimum absolute atomic E-state index is 0.0875. The molecule has 1 aromatic carbocycles. The highest BCUT2D eigenvalue weighted by molar-refractivity contribution is 5.96. The molecule has 0 unspecified atom stereocenters. The zero-order valence-electron chi connectivity index (χ0n) is 13.4. The van der Waals surface area contributed by atoms with Gasteiger partial charge in [0.25, 0.3) is 5.91 Å². The van der Waals surface area contributed by atoms with Crippen LogP contribution in [-0.4, -0.2) is 32.2 Å². The minimum Gasteiger partial charge on any atom is -0.507 e. The molecule has 0 saturated heterocycles. The zero-order chi connectivity index (χ0) is 17.1. The maximum Gasteiger partial charge on any atom is 0.251 e. The topological polar surface area (TPSA) is 106 Å². The molecular weight excluding hydrogens is 306 g/mol. The summed E-state index contributed by atoms with van der Waals surface area (Å²) in [6.07, 6.45) is 1.93. The van der Waals surface area contributed by atoms with Gasteiger partial charge in [0.1, 0.15) is 11.6 Å². The third-order valence-electron chi connectivity index (χ3n) is 3.69. The van der Waals surface area contributed by atoms with Gasteiger partial charge in [0.15, 0.2) is 11.5 Å². The van der Waals surface area contributed by atoms with E-state index in [2.05, 4.69) is 22.3 Å². The van der Waals surface area contributed by atoms with Crippen molar-refractivity contribution >= 4 is 17.4 Å². The van der Waals surface area contributed by atoms with Crippen LogP contribution in [-0.2, 0) is 0 Å². The van der Waals surface area contributed by atoms with Gasteiger partial charge in [-0.2, -0.15) is 4.52 Å². The number of phenolic OH excluding ortho intramolecular Hbond substituents is 1.